The number of piperidine rings is 1. The Labute approximate surface area is 227 Å². The lowest BCUT2D eigenvalue weighted by Crippen LogP contribution is -2.45. The molecule has 5 rings (SSSR count). The third-order valence-corrected chi connectivity index (χ3v) is 9.47. The Morgan fingerprint density at radius 3 is 2.28 bits per heavy atom. The molecule has 1 aromatic heterocycles. The van der Waals surface area contributed by atoms with E-state index in [0.29, 0.717) is 27.7 Å². The monoisotopic (exact) mass is 565 g/mol. The largest absolute Gasteiger partial charge is 0.385 e. The summed E-state index contributed by atoms with van der Waals surface area (Å²) in [5.41, 5.74) is 0.325. The fraction of sp³-hybridized carbons (Fsp3) is 0.214. The van der Waals surface area contributed by atoms with Crippen molar-refractivity contribution in [1.82, 2.24) is 9.88 Å². The van der Waals surface area contributed by atoms with Crippen molar-refractivity contribution in [2.24, 2.45) is 0 Å². The highest BCUT2D eigenvalue weighted by Crippen LogP contribution is 2.34. The van der Waals surface area contributed by atoms with Crippen molar-refractivity contribution in [2.45, 2.75) is 28.2 Å². The quantitative estimate of drug-likeness (QED) is 0.365. The molecule has 0 saturated carbocycles. The Balaban J connectivity index is 1.27. The summed E-state index contributed by atoms with van der Waals surface area (Å²) in [5.74, 6) is -0.241. The number of para-hydroxylation sites is 1. The molecular formula is C28H27N3O6S2. The van der Waals surface area contributed by atoms with Gasteiger partial charge in [0.15, 0.2) is 9.84 Å². The van der Waals surface area contributed by atoms with Gasteiger partial charge in [0, 0.05) is 42.2 Å². The maximum Gasteiger partial charge on any atom is 0.264 e. The lowest BCUT2D eigenvalue weighted by molar-refractivity contribution is -0.0212. The van der Waals surface area contributed by atoms with Crippen molar-refractivity contribution >= 4 is 42.4 Å². The van der Waals surface area contributed by atoms with Crippen LogP contribution in [0.3, 0.4) is 0 Å². The van der Waals surface area contributed by atoms with E-state index in [-0.39, 0.29) is 41.6 Å². The van der Waals surface area contributed by atoms with Crippen molar-refractivity contribution < 1.29 is 26.7 Å². The number of benzene rings is 3. The number of aromatic nitrogens is 1. The molecule has 0 aliphatic carbocycles. The van der Waals surface area contributed by atoms with E-state index in [2.05, 4.69) is 9.71 Å². The number of rotatable bonds is 6. The summed E-state index contributed by atoms with van der Waals surface area (Å²) in [4.78, 5) is 19.1. The summed E-state index contributed by atoms with van der Waals surface area (Å²) in [6.45, 7) is 0.557. The first-order valence-electron chi connectivity index (χ1n) is 12.3. The zero-order valence-corrected chi connectivity index (χ0v) is 22.7. The predicted octanol–water partition coefficient (Wildman–Crippen LogP) is 3.56. The number of fused-ring (bicyclic) bond motifs is 1. The zero-order valence-electron chi connectivity index (χ0n) is 21.1. The molecule has 202 valence electrons. The van der Waals surface area contributed by atoms with Crippen LogP contribution in [0.4, 0.5) is 5.69 Å². The van der Waals surface area contributed by atoms with Gasteiger partial charge in [-0.2, -0.15) is 0 Å². The Morgan fingerprint density at radius 1 is 0.923 bits per heavy atom. The van der Waals surface area contributed by atoms with Crippen LogP contribution in [0.5, 0.6) is 0 Å². The normalized spacial score (nSPS) is 15.7. The first-order chi connectivity index (χ1) is 18.5. The molecule has 2 N–H and O–H groups in total. The van der Waals surface area contributed by atoms with E-state index < -0.39 is 25.5 Å². The van der Waals surface area contributed by atoms with Crippen molar-refractivity contribution in [3.63, 3.8) is 0 Å². The summed E-state index contributed by atoms with van der Waals surface area (Å²) in [6.07, 6.45) is 3.16. The van der Waals surface area contributed by atoms with Gasteiger partial charge in [0.1, 0.15) is 4.90 Å². The van der Waals surface area contributed by atoms with Gasteiger partial charge in [0.2, 0.25) is 0 Å². The Bertz CT molecular complexity index is 1760. The highest BCUT2D eigenvalue weighted by molar-refractivity contribution is 7.93. The number of pyridine rings is 1. The fourth-order valence-corrected chi connectivity index (χ4v) is 6.66. The highest BCUT2D eigenvalue weighted by atomic mass is 32.2. The number of hydrogen-bond acceptors (Lipinski definition) is 7. The number of amides is 1. The zero-order chi connectivity index (χ0) is 27.8. The van der Waals surface area contributed by atoms with Gasteiger partial charge in [0.25, 0.3) is 15.9 Å². The van der Waals surface area contributed by atoms with Crippen LogP contribution in [-0.2, 0) is 25.5 Å². The van der Waals surface area contributed by atoms with Crippen LogP contribution in [0.1, 0.15) is 28.8 Å². The number of nitrogens with zero attached hydrogens (tertiary/aromatic N) is 2. The minimum Gasteiger partial charge on any atom is -0.385 e. The number of nitrogens with one attached hydrogen (secondary N) is 1. The summed E-state index contributed by atoms with van der Waals surface area (Å²) >= 11 is 0. The van der Waals surface area contributed by atoms with Crippen LogP contribution in [0.2, 0.25) is 0 Å². The molecule has 9 nitrogen and oxygen atoms in total. The minimum atomic E-state index is -3.92. The van der Waals surface area contributed by atoms with E-state index in [0.717, 1.165) is 6.26 Å². The highest BCUT2D eigenvalue weighted by Gasteiger charge is 2.36. The van der Waals surface area contributed by atoms with Crippen LogP contribution in [0, 0.1) is 0 Å². The van der Waals surface area contributed by atoms with Gasteiger partial charge < -0.3 is 10.0 Å². The third-order valence-electron chi connectivity index (χ3n) is 6.95. The first kappa shape index (κ1) is 26.8. The molecule has 1 amide bonds. The van der Waals surface area contributed by atoms with E-state index in [1.165, 1.54) is 36.5 Å². The molecule has 0 radical (unpaired) electrons. The SMILES string of the molecule is CS(=O)(=O)c1cccc(C2(O)CCN(C(=O)c3ccc(NS(=O)(=O)c4cccc5cccnc45)cc3)CC2)c1. The molecule has 1 aliphatic rings. The lowest BCUT2D eigenvalue weighted by Gasteiger charge is -2.38. The van der Waals surface area contributed by atoms with Gasteiger partial charge in [-0.1, -0.05) is 30.3 Å². The average molecular weight is 566 g/mol. The van der Waals surface area contributed by atoms with Gasteiger partial charge in [-0.25, -0.2) is 16.8 Å². The van der Waals surface area contributed by atoms with E-state index in [1.54, 1.807) is 53.4 Å². The van der Waals surface area contributed by atoms with E-state index >= 15 is 0 Å². The summed E-state index contributed by atoms with van der Waals surface area (Å²) < 4.78 is 52.5. The molecule has 1 saturated heterocycles. The van der Waals surface area contributed by atoms with E-state index in [1.807, 2.05) is 0 Å². The standard InChI is InChI=1S/C28H27N3O6S2/c1-38(34,35)24-8-3-7-22(19-24)28(33)14-17-31(18-15-28)27(32)21-10-12-23(13-11-21)30-39(36,37)25-9-2-5-20-6-4-16-29-26(20)25/h2-13,16,19,30,33H,14-15,17-18H2,1H3. The number of sulfonamides is 1. The van der Waals surface area contributed by atoms with Gasteiger partial charge >= 0.3 is 0 Å². The van der Waals surface area contributed by atoms with Crippen LogP contribution in [-0.4, -0.2) is 57.1 Å². The van der Waals surface area contributed by atoms with Crippen molar-refractivity contribution in [2.75, 3.05) is 24.1 Å². The fourth-order valence-electron chi connectivity index (χ4n) is 4.75. The molecule has 39 heavy (non-hydrogen) atoms. The second-order valence-electron chi connectivity index (χ2n) is 9.64. The van der Waals surface area contributed by atoms with Crippen LogP contribution in [0.25, 0.3) is 10.9 Å². The Morgan fingerprint density at radius 2 is 1.59 bits per heavy atom. The number of aliphatic hydroxyl groups is 1. The molecule has 1 aliphatic heterocycles. The number of carbonyl (C=O) groups excluding carboxylic acids is 1. The van der Waals surface area contributed by atoms with Crippen molar-refractivity contribution in [3.05, 3.63) is 96.2 Å². The smallest absolute Gasteiger partial charge is 0.264 e. The van der Waals surface area contributed by atoms with Crippen molar-refractivity contribution in [1.29, 1.82) is 0 Å². The Kier molecular flexibility index (Phi) is 6.91. The molecule has 3 aromatic carbocycles. The number of hydrogen-bond donors (Lipinski definition) is 2. The van der Waals surface area contributed by atoms with E-state index in [4.69, 9.17) is 0 Å². The first-order valence-corrected chi connectivity index (χ1v) is 15.6. The molecule has 1 fully saturated rings. The lowest BCUT2D eigenvalue weighted by atomic mass is 9.84. The molecule has 2 heterocycles. The average Bonchev–Trinajstić information content (AvgIpc) is 2.92. The van der Waals surface area contributed by atoms with E-state index in [9.17, 15) is 26.7 Å². The summed E-state index contributed by atoms with van der Waals surface area (Å²) in [6, 6.07) is 20.9. The molecule has 0 spiro atoms. The number of likely N-dealkylation sites (tertiary alicyclic amines) is 1. The molecule has 0 unspecified atom stereocenters. The molecule has 0 atom stereocenters. The molecule has 11 heteroatoms. The topological polar surface area (TPSA) is 134 Å². The minimum absolute atomic E-state index is 0.0589. The predicted molar refractivity (Wildman–Crippen MR) is 148 cm³/mol. The van der Waals surface area contributed by atoms with Gasteiger partial charge in [-0.05, 0) is 66.9 Å². The second kappa shape index (κ2) is 10.1. The maximum absolute atomic E-state index is 13.1. The van der Waals surface area contributed by atoms with Crippen LogP contribution >= 0.6 is 0 Å². The third kappa shape index (κ3) is 5.51. The number of anilines is 1. The van der Waals surface area contributed by atoms with Gasteiger partial charge in [0.05, 0.1) is 16.0 Å². The Hall–Kier alpha value is -3.80. The summed E-state index contributed by atoms with van der Waals surface area (Å²) in [5, 5.41) is 11.9. The van der Waals surface area contributed by atoms with Crippen molar-refractivity contribution in [3.8, 4) is 0 Å². The maximum atomic E-state index is 13.1. The molecular weight excluding hydrogens is 538 g/mol. The van der Waals surface area contributed by atoms with Crippen LogP contribution in [0.15, 0.2) is 94.9 Å². The number of sulfone groups is 1. The van der Waals surface area contributed by atoms with Crippen LogP contribution < -0.4 is 4.72 Å². The number of carbonyl (C=O) groups is 1. The van der Waals surface area contributed by atoms with Gasteiger partial charge in [-0.15, -0.1) is 0 Å². The molecule has 0 bridgehead atoms. The second-order valence-corrected chi connectivity index (χ2v) is 13.3. The summed E-state index contributed by atoms with van der Waals surface area (Å²) in [7, 11) is -7.33. The molecule has 4 aromatic rings. The van der Waals surface area contributed by atoms with Gasteiger partial charge in [-0.3, -0.25) is 14.5 Å².